The van der Waals surface area contributed by atoms with Crippen LogP contribution < -0.4 is 11.0 Å². The predicted molar refractivity (Wildman–Crippen MR) is 62.3 cm³/mol. The molecule has 0 aliphatic carbocycles. The first-order chi connectivity index (χ1) is 9.68. The minimum Gasteiger partial charge on any atom is -0.360 e. The Hall–Kier alpha value is -2.59. The van der Waals surface area contributed by atoms with Crippen molar-refractivity contribution in [2.75, 3.05) is 5.32 Å². The van der Waals surface area contributed by atoms with Crippen molar-refractivity contribution in [3.63, 3.8) is 0 Å². The van der Waals surface area contributed by atoms with Crippen LogP contribution >= 0.6 is 0 Å². The fourth-order valence-corrected chi connectivity index (χ4v) is 1.58. The van der Waals surface area contributed by atoms with Gasteiger partial charge >= 0.3 is 11.9 Å². The molecule has 21 heavy (non-hydrogen) atoms. The number of rotatable bonds is 3. The van der Waals surface area contributed by atoms with Gasteiger partial charge in [0, 0.05) is 13.1 Å². The number of anilines is 1. The van der Waals surface area contributed by atoms with E-state index >= 15 is 0 Å². The predicted octanol–water partition coefficient (Wildman–Crippen LogP) is 0.536. The van der Waals surface area contributed by atoms with Crippen LogP contribution in [-0.4, -0.2) is 25.4 Å². The maximum Gasteiger partial charge on any atom is 0.451 e. The number of carbonyl (C=O) groups excluding carboxylic acids is 1. The first-order valence-electron chi connectivity index (χ1n) is 5.62. The van der Waals surface area contributed by atoms with Gasteiger partial charge in [-0.3, -0.25) is 9.36 Å². The van der Waals surface area contributed by atoms with E-state index in [1.807, 2.05) is 0 Å². The van der Waals surface area contributed by atoms with Crippen LogP contribution in [0.3, 0.4) is 0 Å². The van der Waals surface area contributed by atoms with Crippen molar-refractivity contribution in [3.8, 4) is 0 Å². The molecule has 0 aliphatic heterocycles. The molecule has 0 aliphatic rings. The third-order valence-corrected chi connectivity index (χ3v) is 2.48. The normalized spacial score (nSPS) is 11.7. The zero-order chi connectivity index (χ0) is 15.8. The number of aromatic nitrogens is 4. The molecule has 11 heteroatoms. The standard InChI is InChI=1S/C10H10F3N5O3/c1-5-3-6(16-21-5)14-7(19)4-18-9(20)17(2)8(15-18)10(11,12)13/h3H,4H2,1-2H3,(H,14,16,19). The van der Waals surface area contributed by atoms with E-state index in [2.05, 4.69) is 15.6 Å². The van der Waals surface area contributed by atoms with E-state index in [-0.39, 0.29) is 5.82 Å². The zero-order valence-corrected chi connectivity index (χ0v) is 10.9. The molecule has 8 nitrogen and oxygen atoms in total. The van der Waals surface area contributed by atoms with Crippen molar-refractivity contribution >= 4 is 11.7 Å². The summed E-state index contributed by atoms with van der Waals surface area (Å²) >= 11 is 0. The molecule has 0 aromatic carbocycles. The highest BCUT2D eigenvalue weighted by atomic mass is 19.4. The van der Waals surface area contributed by atoms with Crippen LogP contribution in [0.4, 0.5) is 19.0 Å². The molecule has 2 rings (SSSR count). The SMILES string of the molecule is Cc1cc(NC(=O)Cn2nc(C(F)(F)F)n(C)c2=O)no1. The highest BCUT2D eigenvalue weighted by molar-refractivity contribution is 5.89. The fraction of sp³-hybridized carbons (Fsp3) is 0.400. The number of nitrogens with zero attached hydrogens (tertiary/aromatic N) is 4. The summed E-state index contributed by atoms with van der Waals surface area (Å²) < 4.78 is 43.2. The average Bonchev–Trinajstić information content (AvgIpc) is 2.87. The molecule has 2 aromatic rings. The Morgan fingerprint density at radius 2 is 2.14 bits per heavy atom. The maximum absolute atomic E-state index is 12.6. The lowest BCUT2D eigenvalue weighted by Crippen LogP contribution is -2.29. The quantitative estimate of drug-likeness (QED) is 0.893. The van der Waals surface area contributed by atoms with Crippen molar-refractivity contribution in [1.29, 1.82) is 0 Å². The van der Waals surface area contributed by atoms with Crippen molar-refractivity contribution in [2.45, 2.75) is 19.6 Å². The molecule has 0 saturated heterocycles. The number of aryl methyl sites for hydroxylation is 1. The Kier molecular flexibility index (Phi) is 3.58. The van der Waals surface area contributed by atoms with Crippen LogP contribution in [0.5, 0.6) is 0 Å². The molecular formula is C10H10F3N5O3. The van der Waals surface area contributed by atoms with E-state index < -0.39 is 30.1 Å². The second-order valence-electron chi connectivity index (χ2n) is 4.19. The Morgan fingerprint density at radius 3 is 2.62 bits per heavy atom. The number of nitrogens with one attached hydrogen (secondary N) is 1. The second-order valence-corrected chi connectivity index (χ2v) is 4.19. The molecule has 0 fully saturated rings. The Bertz CT molecular complexity index is 727. The molecule has 2 heterocycles. The Labute approximate surface area is 115 Å². The lowest BCUT2D eigenvalue weighted by molar-refractivity contribution is -0.147. The van der Waals surface area contributed by atoms with Gasteiger partial charge in [-0.05, 0) is 6.92 Å². The number of amides is 1. The van der Waals surface area contributed by atoms with Gasteiger partial charge in [-0.2, -0.15) is 13.2 Å². The minimum atomic E-state index is -4.78. The van der Waals surface area contributed by atoms with Crippen molar-refractivity contribution in [3.05, 3.63) is 28.1 Å². The molecule has 1 N–H and O–H groups in total. The van der Waals surface area contributed by atoms with Gasteiger partial charge in [0.15, 0.2) is 5.82 Å². The van der Waals surface area contributed by atoms with E-state index in [4.69, 9.17) is 4.52 Å². The van der Waals surface area contributed by atoms with Crippen LogP contribution in [0.15, 0.2) is 15.4 Å². The number of halogens is 3. The lowest BCUT2D eigenvalue weighted by atomic mass is 10.5. The summed E-state index contributed by atoms with van der Waals surface area (Å²) in [4.78, 5) is 23.2. The van der Waals surface area contributed by atoms with Gasteiger partial charge in [0.2, 0.25) is 11.7 Å². The van der Waals surface area contributed by atoms with E-state index in [1.165, 1.54) is 6.07 Å². The van der Waals surface area contributed by atoms with E-state index in [0.717, 1.165) is 7.05 Å². The van der Waals surface area contributed by atoms with Crippen molar-refractivity contribution < 1.29 is 22.5 Å². The highest BCUT2D eigenvalue weighted by Gasteiger charge is 2.38. The zero-order valence-electron chi connectivity index (χ0n) is 10.9. The molecule has 1 amide bonds. The second kappa shape index (κ2) is 5.07. The number of hydrogen-bond acceptors (Lipinski definition) is 5. The Morgan fingerprint density at radius 1 is 1.48 bits per heavy atom. The van der Waals surface area contributed by atoms with Gasteiger partial charge in [-0.1, -0.05) is 5.16 Å². The maximum atomic E-state index is 12.6. The summed E-state index contributed by atoms with van der Waals surface area (Å²) in [6.07, 6.45) is -4.78. The third-order valence-electron chi connectivity index (χ3n) is 2.48. The topological polar surface area (TPSA) is 95.0 Å². The van der Waals surface area contributed by atoms with Crippen LogP contribution in [0.2, 0.25) is 0 Å². The van der Waals surface area contributed by atoms with Gasteiger partial charge < -0.3 is 9.84 Å². The summed E-state index contributed by atoms with van der Waals surface area (Å²) in [6, 6.07) is 1.42. The minimum absolute atomic E-state index is 0.0949. The van der Waals surface area contributed by atoms with Crippen LogP contribution in [0, 0.1) is 6.92 Å². The molecule has 0 bridgehead atoms. The molecular weight excluding hydrogens is 295 g/mol. The number of alkyl halides is 3. The largest absolute Gasteiger partial charge is 0.451 e. The summed E-state index contributed by atoms with van der Waals surface area (Å²) in [5.74, 6) is -1.59. The van der Waals surface area contributed by atoms with Gasteiger partial charge in [0.05, 0.1) is 0 Å². The summed E-state index contributed by atoms with van der Waals surface area (Å²) in [5.41, 5.74) is -1.05. The molecule has 0 spiro atoms. The first-order valence-corrected chi connectivity index (χ1v) is 5.62. The molecule has 0 unspecified atom stereocenters. The van der Waals surface area contributed by atoms with Gasteiger partial charge in [-0.25, -0.2) is 9.48 Å². The lowest BCUT2D eigenvalue weighted by Gasteiger charge is -2.02. The van der Waals surface area contributed by atoms with Gasteiger partial charge in [-0.15, -0.1) is 5.10 Å². The van der Waals surface area contributed by atoms with Crippen LogP contribution in [-0.2, 0) is 24.6 Å². The van der Waals surface area contributed by atoms with Gasteiger partial charge in [0.1, 0.15) is 12.3 Å². The van der Waals surface area contributed by atoms with E-state index in [1.54, 1.807) is 6.92 Å². The molecule has 2 aromatic heterocycles. The summed E-state index contributed by atoms with van der Waals surface area (Å²) in [7, 11) is 0.924. The summed E-state index contributed by atoms with van der Waals surface area (Å²) in [6.45, 7) is 0.927. The van der Waals surface area contributed by atoms with Crippen molar-refractivity contribution in [1.82, 2.24) is 19.5 Å². The Balaban J connectivity index is 2.16. The average molecular weight is 305 g/mol. The molecule has 0 saturated carbocycles. The number of carbonyl (C=O) groups is 1. The third kappa shape index (κ3) is 3.12. The highest BCUT2D eigenvalue weighted by Crippen LogP contribution is 2.25. The fourth-order valence-electron chi connectivity index (χ4n) is 1.58. The smallest absolute Gasteiger partial charge is 0.360 e. The molecule has 0 radical (unpaired) electrons. The molecule has 114 valence electrons. The van der Waals surface area contributed by atoms with Gasteiger partial charge in [0.25, 0.3) is 0 Å². The number of hydrogen-bond donors (Lipinski definition) is 1. The van der Waals surface area contributed by atoms with E-state index in [0.29, 0.717) is 15.0 Å². The summed E-state index contributed by atoms with van der Waals surface area (Å²) in [5, 5.41) is 8.86. The van der Waals surface area contributed by atoms with Crippen LogP contribution in [0.25, 0.3) is 0 Å². The first kappa shape index (κ1) is 14.8. The molecule has 0 atom stereocenters. The van der Waals surface area contributed by atoms with Crippen molar-refractivity contribution in [2.24, 2.45) is 7.05 Å². The van der Waals surface area contributed by atoms with Crippen LogP contribution in [0.1, 0.15) is 11.6 Å². The van der Waals surface area contributed by atoms with E-state index in [9.17, 15) is 22.8 Å². The monoisotopic (exact) mass is 305 g/mol.